The van der Waals surface area contributed by atoms with Crippen molar-refractivity contribution in [1.82, 2.24) is 0 Å². The van der Waals surface area contributed by atoms with E-state index in [-0.39, 0.29) is 0 Å². The Bertz CT molecular complexity index is 413. The second kappa shape index (κ2) is 6.15. The number of aliphatic carboxylic acids is 1. The van der Waals surface area contributed by atoms with Crippen molar-refractivity contribution in [2.75, 3.05) is 6.61 Å². The summed E-state index contributed by atoms with van der Waals surface area (Å²) in [4.78, 5) is 10.4. The van der Waals surface area contributed by atoms with Gasteiger partial charge in [-0.25, -0.2) is 4.79 Å². The highest BCUT2D eigenvalue weighted by Crippen LogP contribution is 2.22. The van der Waals surface area contributed by atoms with Crippen molar-refractivity contribution >= 4 is 12.0 Å². The number of carboxylic acid groups (broad SMARTS) is 1. The summed E-state index contributed by atoms with van der Waals surface area (Å²) in [6.45, 7) is -0.571. The summed E-state index contributed by atoms with van der Waals surface area (Å²) in [7, 11) is 0. The third-order valence-corrected chi connectivity index (χ3v) is 2.27. The Morgan fingerprint density at radius 1 is 1.29 bits per heavy atom. The van der Waals surface area contributed by atoms with Crippen molar-refractivity contribution in [3.63, 3.8) is 0 Å². The first-order valence-corrected chi connectivity index (χ1v) is 5.03. The molecule has 0 bridgehead atoms. The summed E-state index contributed by atoms with van der Waals surface area (Å²) in [5, 5.41) is 36.4. The zero-order valence-corrected chi connectivity index (χ0v) is 9.02. The molecule has 5 heteroatoms. The average molecular weight is 238 g/mol. The maximum atomic E-state index is 10.4. The lowest BCUT2D eigenvalue weighted by Gasteiger charge is -2.17. The molecular weight excluding hydrogens is 224 g/mol. The highest BCUT2D eigenvalue weighted by atomic mass is 16.4. The normalized spacial score (nSPS) is 14.8. The van der Waals surface area contributed by atoms with Crippen molar-refractivity contribution in [3.05, 3.63) is 41.5 Å². The van der Waals surface area contributed by atoms with Crippen LogP contribution in [0.1, 0.15) is 17.2 Å². The number of hydrogen-bond donors (Lipinski definition) is 4. The Balaban J connectivity index is 3.03. The lowest BCUT2D eigenvalue weighted by molar-refractivity contribution is -0.131. The van der Waals surface area contributed by atoms with Gasteiger partial charge in [0.15, 0.2) is 0 Å². The monoisotopic (exact) mass is 238 g/mol. The molecule has 5 nitrogen and oxygen atoms in total. The number of carboxylic acids is 1. The molecule has 92 valence electrons. The molecule has 1 aromatic rings. The predicted molar refractivity (Wildman–Crippen MR) is 61.2 cm³/mol. The van der Waals surface area contributed by atoms with Crippen LogP contribution in [0.5, 0.6) is 0 Å². The van der Waals surface area contributed by atoms with E-state index in [9.17, 15) is 15.0 Å². The van der Waals surface area contributed by atoms with Crippen LogP contribution in [0, 0.1) is 0 Å². The number of aliphatic hydroxyl groups excluding tert-OH is 3. The molecule has 0 spiro atoms. The minimum Gasteiger partial charge on any atom is -0.478 e. The maximum Gasteiger partial charge on any atom is 0.328 e. The lowest BCUT2D eigenvalue weighted by atomic mass is 9.98. The summed E-state index contributed by atoms with van der Waals surface area (Å²) in [5.74, 6) is -1.10. The topological polar surface area (TPSA) is 98.0 Å². The molecule has 0 aliphatic heterocycles. The van der Waals surface area contributed by atoms with E-state index >= 15 is 0 Å². The Kier molecular flexibility index (Phi) is 4.84. The number of aliphatic hydroxyl groups is 3. The molecule has 0 aromatic heterocycles. The fourth-order valence-electron chi connectivity index (χ4n) is 1.40. The molecule has 1 rings (SSSR count). The van der Waals surface area contributed by atoms with E-state index in [1.54, 1.807) is 24.3 Å². The van der Waals surface area contributed by atoms with Crippen LogP contribution in [0.4, 0.5) is 0 Å². The highest BCUT2D eigenvalue weighted by Gasteiger charge is 2.19. The van der Waals surface area contributed by atoms with Crippen molar-refractivity contribution in [2.24, 2.45) is 0 Å². The molecule has 0 fully saturated rings. The molecule has 2 unspecified atom stereocenters. The van der Waals surface area contributed by atoms with Gasteiger partial charge in [0.1, 0.15) is 12.2 Å². The van der Waals surface area contributed by atoms with Crippen molar-refractivity contribution < 1.29 is 25.2 Å². The number of benzene rings is 1. The quantitative estimate of drug-likeness (QED) is 0.548. The van der Waals surface area contributed by atoms with Gasteiger partial charge in [-0.05, 0) is 17.2 Å². The zero-order valence-electron chi connectivity index (χ0n) is 9.02. The van der Waals surface area contributed by atoms with Crippen LogP contribution in [0.15, 0.2) is 30.3 Å². The molecule has 0 aliphatic carbocycles. The highest BCUT2D eigenvalue weighted by molar-refractivity contribution is 5.85. The van der Waals surface area contributed by atoms with E-state index in [2.05, 4.69) is 0 Å². The van der Waals surface area contributed by atoms with Crippen LogP contribution in [-0.4, -0.2) is 39.1 Å². The predicted octanol–water partition coefficient (Wildman–Crippen LogP) is 0.171. The van der Waals surface area contributed by atoms with Gasteiger partial charge in [0.05, 0.1) is 6.61 Å². The van der Waals surface area contributed by atoms with Crippen LogP contribution in [0.3, 0.4) is 0 Å². The molecule has 0 radical (unpaired) electrons. The van der Waals surface area contributed by atoms with Crippen LogP contribution < -0.4 is 0 Å². The molecule has 4 N–H and O–H groups in total. The summed E-state index contributed by atoms with van der Waals surface area (Å²) in [6, 6.07) is 6.51. The van der Waals surface area contributed by atoms with E-state index < -0.39 is 24.8 Å². The van der Waals surface area contributed by atoms with E-state index in [0.29, 0.717) is 11.1 Å². The number of carbonyl (C=O) groups is 1. The summed E-state index contributed by atoms with van der Waals surface area (Å²) in [5.41, 5.74) is 0.849. The van der Waals surface area contributed by atoms with E-state index in [0.717, 1.165) is 6.08 Å². The van der Waals surface area contributed by atoms with Crippen molar-refractivity contribution in [2.45, 2.75) is 12.2 Å². The zero-order chi connectivity index (χ0) is 12.8. The minimum atomic E-state index is -1.30. The van der Waals surface area contributed by atoms with Gasteiger partial charge in [-0.3, -0.25) is 0 Å². The number of rotatable bonds is 5. The molecule has 1 aromatic carbocycles. The molecule has 17 heavy (non-hydrogen) atoms. The van der Waals surface area contributed by atoms with Gasteiger partial charge in [0.25, 0.3) is 0 Å². The first-order chi connectivity index (χ1) is 8.06. The summed E-state index contributed by atoms with van der Waals surface area (Å²) in [6.07, 6.45) is -0.286. The molecule has 2 atom stereocenters. The Morgan fingerprint density at radius 2 is 1.94 bits per heavy atom. The minimum absolute atomic E-state index is 0.367. The summed E-state index contributed by atoms with van der Waals surface area (Å²) < 4.78 is 0. The molecular formula is C12H14O5. The van der Waals surface area contributed by atoms with E-state index in [1.165, 1.54) is 6.08 Å². The second-order valence-electron chi connectivity index (χ2n) is 3.50. The van der Waals surface area contributed by atoms with Gasteiger partial charge in [-0.1, -0.05) is 24.3 Å². The summed E-state index contributed by atoms with van der Waals surface area (Å²) >= 11 is 0. The average Bonchev–Trinajstić information content (AvgIpc) is 2.34. The Labute approximate surface area is 98.3 Å². The fraction of sp³-hybridized carbons (Fsp3) is 0.250. The van der Waals surface area contributed by atoms with Gasteiger partial charge in [0, 0.05) is 6.08 Å². The standard InChI is InChI=1S/C12H14O5/c13-7-10(14)12(17)9-4-2-1-3-8(9)5-6-11(15)16/h1-6,10,12-14,17H,7H2,(H,15,16)/b6-5+. The van der Waals surface area contributed by atoms with Crippen molar-refractivity contribution in [1.29, 1.82) is 0 Å². The fourth-order valence-corrected chi connectivity index (χ4v) is 1.40. The Morgan fingerprint density at radius 3 is 2.53 bits per heavy atom. The van der Waals surface area contributed by atoms with Crippen LogP contribution in [0.25, 0.3) is 6.08 Å². The molecule has 0 saturated heterocycles. The van der Waals surface area contributed by atoms with Crippen molar-refractivity contribution in [3.8, 4) is 0 Å². The SMILES string of the molecule is O=C(O)/C=C/c1ccccc1C(O)C(O)CO. The molecule has 0 heterocycles. The van der Waals surface area contributed by atoms with Gasteiger partial charge in [-0.2, -0.15) is 0 Å². The largest absolute Gasteiger partial charge is 0.478 e. The van der Waals surface area contributed by atoms with Gasteiger partial charge in [0.2, 0.25) is 0 Å². The number of hydrogen-bond acceptors (Lipinski definition) is 4. The van der Waals surface area contributed by atoms with E-state index in [4.69, 9.17) is 10.2 Å². The van der Waals surface area contributed by atoms with Crippen LogP contribution in [0.2, 0.25) is 0 Å². The van der Waals surface area contributed by atoms with Gasteiger partial charge in [-0.15, -0.1) is 0 Å². The van der Waals surface area contributed by atoms with Crippen LogP contribution >= 0.6 is 0 Å². The van der Waals surface area contributed by atoms with Gasteiger partial charge < -0.3 is 20.4 Å². The molecule has 0 aliphatic rings. The van der Waals surface area contributed by atoms with Crippen LogP contribution in [-0.2, 0) is 4.79 Å². The second-order valence-corrected chi connectivity index (χ2v) is 3.50. The molecule has 0 saturated carbocycles. The Hall–Kier alpha value is -1.69. The van der Waals surface area contributed by atoms with Gasteiger partial charge >= 0.3 is 5.97 Å². The first-order valence-electron chi connectivity index (χ1n) is 5.03. The van der Waals surface area contributed by atoms with E-state index in [1.807, 2.05) is 0 Å². The third-order valence-electron chi connectivity index (χ3n) is 2.27. The molecule has 0 amide bonds. The first kappa shape index (κ1) is 13.4. The maximum absolute atomic E-state index is 10.4. The lowest BCUT2D eigenvalue weighted by Crippen LogP contribution is -2.22. The third kappa shape index (κ3) is 3.67. The smallest absolute Gasteiger partial charge is 0.328 e.